The molecule has 0 aromatic carbocycles. The second-order valence-electron chi connectivity index (χ2n) is 4.02. The van der Waals surface area contributed by atoms with Gasteiger partial charge in [0, 0.05) is 11.6 Å². The molecule has 0 fully saturated rings. The van der Waals surface area contributed by atoms with Crippen molar-refractivity contribution in [2.24, 2.45) is 5.73 Å². The number of esters is 1. The Morgan fingerprint density at radius 2 is 2.29 bits per heavy atom. The molecule has 0 saturated carbocycles. The number of aliphatic hydroxyl groups excluding tert-OH is 1. The van der Waals surface area contributed by atoms with E-state index in [1.807, 2.05) is 13.8 Å². The molecule has 1 unspecified atom stereocenters. The van der Waals surface area contributed by atoms with Crippen LogP contribution < -0.4 is 5.73 Å². The highest BCUT2D eigenvalue weighted by Crippen LogP contribution is 2.09. The first-order valence-electron chi connectivity index (χ1n) is 4.61. The Labute approximate surface area is 84.7 Å². The van der Waals surface area contributed by atoms with E-state index in [0.29, 0.717) is 12.8 Å². The minimum atomic E-state index is -0.651. The summed E-state index contributed by atoms with van der Waals surface area (Å²) in [5.41, 5.74) is 5.43. The molecule has 0 heterocycles. The van der Waals surface area contributed by atoms with Crippen LogP contribution in [0.5, 0.6) is 0 Å². The van der Waals surface area contributed by atoms with Crippen LogP contribution in [0.15, 0.2) is 12.7 Å². The monoisotopic (exact) mass is 201 g/mol. The fraction of sp³-hybridized carbons (Fsp3) is 0.700. The molecule has 0 aromatic rings. The first-order valence-corrected chi connectivity index (χ1v) is 4.61. The fourth-order valence-corrected chi connectivity index (χ4v) is 0.859. The van der Waals surface area contributed by atoms with E-state index in [9.17, 15) is 9.90 Å². The lowest BCUT2D eigenvalue weighted by Gasteiger charge is -2.20. The summed E-state index contributed by atoms with van der Waals surface area (Å²) in [4.78, 5) is 10.6. The van der Waals surface area contributed by atoms with Gasteiger partial charge in [0.1, 0.15) is 6.61 Å². The number of ether oxygens (including phenoxy) is 1. The molecule has 0 aliphatic carbocycles. The molecule has 0 radical (unpaired) electrons. The third-order valence-corrected chi connectivity index (χ3v) is 1.71. The number of aliphatic hydroxyl groups is 1. The first kappa shape index (κ1) is 13.1. The maximum absolute atomic E-state index is 10.6. The van der Waals surface area contributed by atoms with E-state index in [1.165, 1.54) is 0 Å². The summed E-state index contributed by atoms with van der Waals surface area (Å²) >= 11 is 0. The van der Waals surface area contributed by atoms with Gasteiger partial charge in [0.05, 0.1) is 6.10 Å². The summed E-state index contributed by atoms with van der Waals surface area (Å²) in [6.07, 6.45) is 1.62. The largest absolute Gasteiger partial charge is 0.460 e. The third-order valence-electron chi connectivity index (χ3n) is 1.71. The molecule has 1 atom stereocenters. The van der Waals surface area contributed by atoms with Crippen LogP contribution in [-0.2, 0) is 9.53 Å². The van der Waals surface area contributed by atoms with Crippen molar-refractivity contribution in [2.75, 3.05) is 6.61 Å². The molecular weight excluding hydrogens is 182 g/mol. The Balaban J connectivity index is 3.61. The topological polar surface area (TPSA) is 72.5 Å². The molecule has 82 valence electrons. The van der Waals surface area contributed by atoms with Crippen molar-refractivity contribution in [1.29, 1.82) is 0 Å². The van der Waals surface area contributed by atoms with Crippen LogP contribution in [0.1, 0.15) is 26.7 Å². The standard InChI is InChI=1S/C10H19NO3/c1-4-9(13)14-7-8(12)5-6-10(2,3)11/h4,8,12H,1,5-7,11H2,2-3H3. The summed E-state index contributed by atoms with van der Waals surface area (Å²) in [5.74, 6) is -0.518. The third kappa shape index (κ3) is 7.76. The molecule has 14 heavy (non-hydrogen) atoms. The number of nitrogens with two attached hydrogens (primary N) is 1. The Kier molecular flexibility index (Phi) is 5.42. The van der Waals surface area contributed by atoms with Crippen LogP contribution in [-0.4, -0.2) is 29.3 Å². The van der Waals surface area contributed by atoms with Crippen LogP contribution in [0.4, 0.5) is 0 Å². The minimum absolute atomic E-state index is 0.000926. The Morgan fingerprint density at radius 3 is 2.71 bits per heavy atom. The van der Waals surface area contributed by atoms with Crippen LogP contribution in [0.2, 0.25) is 0 Å². The molecule has 0 spiro atoms. The molecule has 0 bridgehead atoms. The zero-order valence-corrected chi connectivity index (χ0v) is 8.82. The zero-order valence-electron chi connectivity index (χ0n) is 8.82. The van der Waals surface area contributed by atoms with Crippen LogP contribution in [0.3, 0.4) is 0 Å². The first-order chi connectivity index (χ1) is 6.35. The van der Waals surface area contributed by atoms with Crippen molar-refractivity contribution < 1.29 is 14.6 Å². The molecule has 0 amide bonds. The smallest absolute Gasteiger partial charge is 0.330 e. The predicted molar refractivity (Wildman–Crippen MR) is 54.7 cm³/mol. The summed E-state index contributed by atoms with van der Waals surface area (Å²) in [6, 6.07) is 0. The van der Waals surface area contributed by atoms with Crippen molar-refractivity contribution in [3.05, 3.63) is 12.7 Å². The van der Waals surface area contributed by atoms with Gasteiger partial charge in [0.15, 0.2) is 0 Å². The molecule has 4 heteroatoms. The van der Waals surface area contributed by atoms with Gasteiger partial charge in [-0.05, 0) is 26.7 Å². The maximum atomic E-state index is 10.6. The van der Waals surface area contributed by atoms with Gasteiger partial charge in [-0.25, -0.2) is 4.79 Å². The molecule has 0 aliphatic heterocycles. The van der Waals surface area contributed by atoms with E-state index in [-0.39, 0.29) is 12.1 Å². The van der Waals surface area contributed by atoms with E-state index in [4.69, 9.17) is 5.73 Å². The average molecular weight is 201 g/mol. The van der Waals surface area contributed by atoms with Gasteiger partial charge in [0.2, 0.25) is 0 Å². The number of carbonyl (C=O) groups is 1. The Hall–Kier alpha value is -0.870. The highest BCUT2D eigenvalue weighted by molar-refractivity contribution is 5.81. The SMILES string of the molecule is C=CC(=O)OCC(O)CCC(C)(C)N. The molecule has 0 saturated heterocycles. The van der Waals surface area contributed by atoms with E-state index in [2.05, 4.69) is 11.3 Å². The van der Waals surface area contributed by atoms with E-state index in [1.54, 1.807) is 0 Å². The number of hydrogen-bond acceptors (Lipinski definition) is 4. The molecule has 3 N–H and O–H groups in total. The second-order valence-corrected chi connectivity index (χ2v) is 4.02. The maximum Gasteiger partial charge on any atom is 0.330 e. The van der Waals surface area contributed by atoms with Gasteiger partial charge in [0.25, 0.3) is 0 Å². The van der Waals surface area contributed by atoms with Crippen molar-refractivity contribution in [3.63, 3.8) is 0 Å². The second kappa shape index (κ2) is 5.78. The summed E-state index contributed by atoms with van der Waals surface area (Å²) < 4.78 is 4.67. The van der Waals surface area contributed by atoms with Crippen molar-refractivity contribution in [2.45, 2.75) is 38.3 Å². The molecule has 0 aliphatic rings. The minimum Gasteiger partial charge on any atom is -0.460 e. The molecular formula is C10H19NO3. The van der Waals surface area contributed by atoms with Gasteiger partial charge < -0.3 is 15.6 Å². The zero-order chi connectivity index (χ0) is 11.2. The fourth-order valence-electron chi connectivity index (χ4n) is 0.859. The van der Waals surface area contributed by atoms with Crippen LogP contribution in [0.25, 0.3) is 0 Å². The highest BCUT2D eigenvalue weighted by Gasteiger charge is 2.14. The van der Waals surface area contributed by atoms with Gasteiger partial charge in [-0.2, -0.15) is 0 Å². The van der Waals surface area contributed by atoms with Gasteiger partial charge in [-0.1, -0.05) is 6.58 Å². The quantitative estimate of drug-likeness (QED) is 0.487. The normalized spacial score (nSPS) is 13.4. The summed E-state index contributed by atoms with van der Waals surface area (Å²) in [6.45, 7) is 7.02. The van der Waals surface area contributed by atoms with Crippen molar-refractivity contribution in [1.82, 2.24) is 0 Å². The number of carbonyl (C=O) groups excluding carboxylic acids is 1. The van der Waals surface area contributed by atoms with E-state index < -0.39 is 12.1 Å². The molecule has 4 nitrogen and oxygen atoms in total. The molecule has 0 aromatic heterocycles. The van der Waals surface area contributed by atoms with Gasteiger partial charge in [-0.3, -0.25) is 0 Å². The lowest BCUT2D eigenvalue weighted by Crippen LogP contribution is -2.33. The van der Waals surface area contributed by atoms with Gasteiger partial charge >= 0.3 is 5.97 Å². The number of hydrogen-bond donors (Lipinski definition) is 2. The Bertz CT molecular complexity index is 196. The van der Waals surface area contributed by atoms with E-state index >= 15 is 0 Å². The van der Waals surface area contributed by atoms with Crippen LogP contribution >= 0.6 is 0 Å². The summed E-state index contributed by atoms with van der Waals surface area (Å²) in [7, 11) is 0. The van der Waals surface area contributed by atoms with Crippen molar-refractivity contribution in [3.8, 4) is 0 Å². The Morgan fingerprint density at radius 1 is 1.71 bits per heavy atom. The summed E-state index contributed by atoms with van der Waals surface area (Å²) in [5, 5.41) is 9.39. The van der Waals surface area contributed by atoms with E-state index in [0.717, 1.165) is 6.08 Å². The van der Waals surface area contributed by atoms with Crippen molar-refractivity contribution >= 4 is 5.97 Å². The highest BCUT2D eigenvalue weighted by atomic mass is 16.5. The number of rotatable bonds is 6. The average Bonchev–Trinajstić information content (AvgIpc) is 2.09. The molecule has 0 rings (SSSR count). The predicted octanol–water partition coefficient (Wildman–Crippen LogP) is 0.594. The lowest BCUT2D eigenvalue weighted by molar-refractivity contribution is -0.140. The van der Waals surface area contributed by atoms with Crippen LogP contribution in [0, 0.1) is 0 Å². The lowest BCUT2D eigenvalue weighted by atomic mass is 9.98. The van der Waals surface area contributed by atoms with Gasteiger partial charge in [-0.15, -0.1) is 0 Å².